The van der Waals surface area contributed by atoms with Gasteiger partial charge in [0.25, 0.3) is 0 Å². The van der Waals surface area contributed by atoms with Gasteiger partial charge in [-0.3, -0.25) is 9.88 Å². The van der Waals surface area contributed by atoms with Crippen LogP contribution in [0.4, 0.5) is 0 Å². The molecule has 0 amide bonds. The predicted molar refractivity (Wildman–Crippen MR) is 81.3 cm³/mol. The monoisotopic (exact) mass is 267 g/mol. The smallest absolute Gasteiger partial charge is 0.0450 e. The van der Waals surface area contributed by atoms with E-state index in [0.717, 1.165) is 19.6 Å². The number of aromatic nitrogens is 1. The highest BCUT2D eigenvalue weighted by Crippen LogP contribution is 2.21. The zero-order chi connectivity index (χ0) is 13.8. The molecule has 0 spiro atoms. The van der Waals surface area contributed by atoms with Crippen molar-refractivity contribution >= 4 is 0 Å². The molecule has 1 N–H and O–H groups in total. The van der Waals surface area contributed by atoms with Gasteiger partial charge in [-0.2, -0.15) is 0 Å². The van der Waals surface area contributed by atoms with Crippen LogP contribution in [0, 0.1) is 0 Å². The third-order valence-corrected chi connectivity index (χ3v) is 4.01. The summed E-state index contributed by atoms with van der Waals surface area (Å²) in [6.45, 7) is 5.32. The maximum atomic E-state index is 4.21. The molecule has 1 aromatic heterocycles. The van der Waals surface area contributed by atoms with E-state index in [4.69, 9.17) is 0 Å². The second kappa shape index (κ2) is 6.16. The van der Waals surface area contributed by atoms with E-state index in [1.54, 1.807) is 0 Å². The van der Waals surface area contributed by atoms with Crippen molar-refractivity contribution in [1.29, 1.82) is 0 Å². The molecule has 1 aromatic carbocycles. The van der Waals surface area contributed by atoms with Gasteiger partial charge < -0.3 is 5.32 Å². The molecule has 20 heavy (non-hydrogen) atoms. The minimum Gasteiger partial charge on any atom is -0.307 e. The summed E-state index contributed by atoms with van der Waals surface area (Å²) in [6, 6.07) is 15.8. The number of hydrogen-bond acceptors (Lipinski definition) is 3. The molecule has 0 saturated carbocycles. The summed E-state index contributed by atoms with van der Waals surface area (Å²) in [4.78, 5) is 6.74. The summed E-state index contributed by atoms with van der Waals surface area (Å²) < 4.78 is 0. The maximum absolute atomic E-state index is 4.21. The molecule has 1 fully saturated rings. The van der Waals surface area contributed by atoms with Gasteiger partial charge >= 0.3 is 0 Å². The van der Waals surface area contributed by atoms with Crippen molar-refractivity contribution in [3.63, 3.8) is 0 Å². The first-order chi connectivity index (χ1) is 9.83. The van der Waals surface area contributed by atoms with E-state index in [0.29, 0.717) is 12.1 Å². The predicted octanol–water partition coefficient (Wildman–Crippen LogP) is 2.62. The Morgan fingerprint density at radius 2 is 2.05 bits per heavy atom. The third-order valence-electron chi connectivity index (χ3n) is 4.01. The Bertz CT molecular complexity index is 526. The molecular formula is C17H21N3. The fourth-order valence-corrected chi connectivity index (χ4v) is 2.78. The van der Waals surface area contributed by atoms with E-state index in [-0.39, 0.29) is 0 Å². The highest BCUT2D eigenvalue weighted by atomic mass is 15.2. The molecule has 3 heteroatoms. The van der Waals surface area contributed by atoms with Gasteiger partial charge in [-0.15, -0.1) is 0 Å². The highest BCUT2D eigenvalue weighted by molar-refractivity contribution is 5.20. The maximum Gasteiger partial charge on any atom is 0.0450 e. The fourth-order valence-electron chi connectivity index (χ4n) is 2.78. The van der Waals surface area contributed by atoms with E-state index in [9.17, 15) is 0 Å². The van der Waals surface area contributed by atoms with E-state index in [2.05, 4.69) is 58.5 Å². The minimum atomic E-state index is 0.420. The van der Waals surface area contributed by atoms with Gasteiger partial charge in [-0.05, 0) is 24.1 Å². The first kappa shape index (κ1) is 13.3. The largest absolute Gasteiger partial charge is 0.307 e. The third kappa shape index (κ3) is 3.06. The van der Waals surface area contributed by atoms with Gasteiger partial charge in [0.1, 0.15) is 0 Å². The van der Waals surface area contributed by atoms with Crippen LogP contribution in [0.5, 0.6) is 0 Å². The van der Waals surface area contributed by atoms with Crippen LogP contribution < -0.4 is 5.32 Å². The molecule has 2 atom stereocenters. The Labute approximate surface area is 120 Å². The number of pyridine rings is 1. The standard InChI is InChI=1S/C17H21N3/c1-14-10-19-17(16-7-3-2-4-8-16)13-20(14)12-15-6-5-9-18-11-15/h2-9,11,14,17,19H,10,12-13H2,1H3. The molecule has 104 valence electrons. The van der Waals surface area contributed by atoms with Crippen LogP contribution in [0.25, 0.3) is 0 Å². The molecule has 0 radical (unpaired) electrons. The Morgan fingerprint density at radius 3 is 2.80 bits per heavy atom. The first-order valence-corrected chi connectivity index (χ1v) is 7.24. The van der Waals surface area contributed by atoms with Gasteiger partial charge in [0.2, 0.25) is 0 Å². The summed E-state index contributed by atoms with van der Waals surface area (Å²) in [5, 5.41) is 3.64. The van der Waals surface area contributed by atoms with Crippen molar-refractivity contribution in [1.82, 2.24) is 15.2 Å². The van der Waals surface area contributed by atoms with Crippen LogP contribution in [0.1, 0.15) is 24.1 Å². The zero-order valence-electron chi connectivity index (χ0n) is 11.9. The molecule has 2 heterocycles. The Kier molecular flexibility index (Phi) is 4.09. The number of nitrogens with zero attached hydrogens (tertiary/aromatic N) is 2. The molecule has 3 rings (SSSR count). The molecule has 1 aliphatic heterocycles. The van der Waals surface area contributed by atoms with Crippen molar-refractivity contribution in [2.24, 2.45) is 0 Å². The van der Waals surface area contributed by atoms with Gasteiger partial charge in [0.05, 0.1) is 0 Å². The Hall–Kier alpha value is -1.71. The quantitative estimate of drug-likeness (QED) is 0.926. The van der Waals surface area contributed by atoms with Gasteiger partial charge in [0.15, 0.2) is 0 Å². The lowest BCUT2D eigenvalue weighted by Crippen LogP contribution is -2.50. The fraction of sp³-hybridized carbons (Fsp3) is 0.353. The molecule has 2 unspecified atom stereocenters. The molecule has 0 aliphatic carbocycles. The zero-order valence-corrected chi connectivity index (χ0v) is 11.9. The van der Waals surface area contributed by atoms with Crippen molar-refractivity contribution in [3.8, 4) is 0 Å². The Morgan fingerprint density at radius 1 is 1.20 bits per heavy atom. The van der Waals surface area contributed by atoms with Crippen molar-refractivity contribution in [3.05, 3.63) is 66.0 Å². The average molecular weight is 267 g/mol. The second-order valence-corrected chi connectivity index (χ2v) is 5.51. The van der Waals surface area contributed by atoms with Crippen LogP contribution in [0.2, 0.25) is 0 Å². The number of piperazine rings is 1. The number of nitrogens with one attached hydrogen (secondary N) is 1. The van der Waals surface area contributed by atoms with Gasteiger partial charge in [0, 0.05) is 44.1 Å². The highest BCUT2D eigenvalue weighted by Gasteiger charge is 2.25. The molecule has 2 aromatic rings. The van der Waals surface area contributed by atoms with E-state index in [1.807, 2.05) is 18.5 Å². The summed E-state index contributed by atoms with van der Waals surface area (Å²) in [5.41, 5.74) is 2.66. The van der Waals surface area contributed by atoms with Crippen LogP contribution in [-0.2, 0) is 6.54 Å². The second-order valence-electron chi connectivity index (χ2n) is 5.51. The van der Waals surface area contributed by atoms with E-state index in [1.165, 1.54) is 11.1 Å². The topological polar surface area (TPSA) is 28.2 Å². The molecule has 3 nitrogen and oxygen atoms in total. The number of benzene rings is 1. The van der Waals surface area contributed by atoms with E-state index < -0.39 is 0 Å². The van der Waals surface area contributed by atoms with Crippen LogP contribution in [-0.4, -0.2) is 29.0 Å². The lowest BCUT2D eigenvalue weighted by molar-refractivity contribution is 0.133. The van der Waals surface area contributed by atoms with Crippen molar-refractivity contribution in [2.45, 2.75) is 25.6 Å². The summed E-state index contributed by atoms with van der Waals surface area (Å²) in [5.74, 6) is 0. The normalized spacial score (nSPS) is 23.6. The summed E-state index contributed by atoms with van der Waals surface area (Å²) in [6.07, 6.45) is 3.80. The first-order valence-electron chi connectivity index (χ1n) is 7.24. The van der Waals surface area contributed by atoms with Crippen molar-refractivity contribution < 1.29 is 0 Å². The number of rotatable bonds is 3. The van der Waals surface area contributed by atoms with Crippen LogP contribution in [0.3, 0.4) is 0 Å². The molecular weight excluding hydrogens is 246 g/mol. The van der Waals surface area contributed by atoms with Crippen LogP contribution in [0.15, 0.2) is 54.9 Å². The molecule has 0 bridgehead atoms. The van der Waals surface area contributed by atoms with Crippen molar-refractivity contribution in [2.75, 3.05) is 13.1 Å². The van der Waals surface area contributed by atoms with E-state index >= 15 is 0 Å². The average Bonchev–Trinajstić information content (AvgIpc) is 2.51. The summed E-state index contributed by atoms with van der Waals surface area (Å²) in [7, 11) is 0. The van der Waals surface area contributed by atoms with Gasteiger partial charge in [-0.25, -0.2) is 0 Å². The lowest BCUT2D eigenvalue weighted by atomic mass is 10.0. The lowest BCUT2D eigenvalue weighted by Gasteiger charge is -2.39. The summed E-state index contributed by atoms with van der Waals surface area (Å²) >= 11 is 0. The molecule has 1 saturated heterocycles. The Balaban J connectivity index is 1.71. The molecule has 1 aliphatic rings. The minimum absolute atomic E-state index is 0.420. The number of hydrogen-bond donors (Lipinski definition) is 1. The van der Waals surface area contributed by atoms with Crippen LogP contribution >= 0.6 is 0 Å². The SMILES string of the molecule is CC1CNC(c2ccccc2)CN1Cc1cccnc1. The van der Waals surface area contributed by atoms with Gasteiger partial charge in [-0.1, -0.05) is 36.4 Å².